The summed E-state index contributed by atoms with van der Waals surface area (Å²) in [6.45, 7) is 2.48. The van der Waals surface area contributed by atoms with Gasteiger partial charge in [0.05, 0.1) is 19.1 Å². The number of amides is 1. The third-order valence-electron chi connectivity index (χ3n) is 5.11. The van der Waals surface area contributed by atoms with Gasteiger partial charge in [-0.1, -0.05) is 48.6 Å². The van der Waals surface area contributed by atoms with Crippen LogP contribution in [-0.4, -0.2) is 35.6 Å². The second-order valence-electron chi connectivity index (χ2n) is 6.75. The van der Waals surface area contributed by atoms with E-state index in [9.17, 15) is 9.90 Å². The Morgan fingerprint density at radius 1 is 1.16 bits per heavy atom. The number of carbonyl (C=O) groups excluding carboxylic acids is 1. The van der Waals surface area contributed by atoms with E-state index in [2.05, 4.69) is 0 Å². The molecule has 1 amide bonds. The molecule has 2 atom stereocenters. The van der Waals surface area contributed by atoms with Crippen LogP contribution in [0.1, 0.15) is 25.3 Å². The van der Waals surface area contributed by atoms with Gasteiger partial charge in [-0.25, -0.2) is 0 Å². The van der Waals surface area contributed by atoms with Crippen molar-refractivity contribution in [2.24, 2.45) is 5.92 Å². The Labute approximate surface area is 149 Å². The summed E-state index contributed by atoms with van der Waals surface area (Å²) in [5.74, 6) is 0.523. The molecule has 4 heteroatoms. The molecule has 1 aliphatic heterocycles. The number of likely N-dealkylation sites (tertiary alicyclic amines) is 1. The van der Waals surface area contributed by atoms with Crippen LogP contribution >= 0.6 is 0 Å². The molecule has 1 fully saturated rings. The zero-order valence-corrected chi connectivity index (χ0v) is 14.8. The first-order valence-electron chi connectivity index (χ1n) is 8.73. The number of allylic oxidation sites excluding steroid dienone is 4. The minimum absolute atomic E-state index is 0.0486. The van der Waals surface area contributed by atoms with E-state index in [-0.39, 0.29) is 17.9 Å². The van der Waals surface area contributed by atoms with Crippen LogP contribution in [0, 0.1) is 5.92 Å². The van der Waals surface area contributed by atoms with Crippen LogP contribution in [0.2, 0.25) is 0 Å². The van der Waals surface area contributed by atoms with Gasteiger partial charge in [0.25, 0.3) is 0 Å². The van der Waals surface area contributed by atoms with Crippen LogP contribution in [0.15, 0.2) is 60.7 Å². The number of benzene rings is 1. The molecule has 1 aromatic carbocycles. The molecule has 2 aliphatic rings. The molecule has 1 aliphatic carbocycles. The molecule has 0 bridgehead atoms. The summed E-state index contributed by atoms with van der Waals surface area (Å²) in [6, 6.07) is 7.19. The minimum atomic E-state index is -1.10. The number of methoxy groups -OCH3 is 1. The summed E-state index contributed by atoms with van der Waals surface area (Å²) in [7, 11) is 1.62. The highest BCUT2D eigenvalue weighted by atomic mass is 16.5. The minimum Gasteiger partial charge on any atom is -0.497 e. The predicted octanol–water partition coefficient (Wildman–Crippen LogP) is 3.19. The summed E-state index contributed by atoms with van der Waals surface area (Å²) in [5, 5.41) is 11.2. The standard InChI is InChI=1S/C21H25NO3/c1-21(24,17-11-13-18(25-2)14-12-17)19-10-7-15-22(19)20(23)16-8-5-3-4-6-9-16/h3-6,8-9,11-14,16,19,24H,7,10,15H2,1-2H3/t19-,21-/m0/s1. The van der Waals surface area contributed by atoms with Gasteiger partial charge in [0.2, 0.25) is 5.91 Å². The van der Waals surface area contributed by atoms with Crippen molar-refractivity contribution in [3.63, 3.8) is 0 Å². The summed E-state index contributed by atoms with van der Waals surface area (Å²) in [5.41, 5.74) is -0.305. The van der Waals surface area contributed by atoms with Gasteiger partial charge in [-0.3, -0.25) is 4.79 Å². The maximum absolute atomic E-state index is 13.0. The van der Waals surface area contributed by atoms with Gasteiger partial charge >= 0.3 is 0 Å². The highest BCUT2D eigenvalue weighted by molar-refractivity contribution is 5.83. The van der Waals surface area contributed by atoms with Crippen LogP contribution < -0.4 is 4.74 Å². The average molecular weight is 339 g/mol. The number of nitrogens with zero attached hydrogens (tertiary/aromatic N) is 1. The number of aliphatic hydroxyl groups is 1. The fourth-order valence-electron chi connectivity index (χ4n) is 3.65. The van der Waals surface area contributed by atoms with Crippen LogP contribution in [0.25, 0.3) is 0 Å². The smallest absolute Gasteiger partial charge is 0.233 e. The summed E-state index contributed by atoms with van der Waals surface area (Å²) < 4.78 is 5.19. The lowest BCUT2D eigenvalue weighted by Gasteiger charge is -2.37. The Kier molecular flexibility index (Phi) is 5.09. The van der Waals surface area contributed by atoms with Crippen molar-refractivity contribution in [1.29, 1.82) is 0 Å². The van der Waals surface area contributed by atoms with Gasteiger partial charge < -0.3 is 14.7 Å². The van der Waals surface area contributed by atoms with Gasteiger partial charge in [0, 0.05) is 6.54 Å². The Bertz CT molecular complexity index is 684. The molecule has 0 saturated carbocycles. The fourth-order valence-corrected chi connectivity index (χ4v) is 3.65. The normalized spacial score (nSPS) is 22.7. The Morgan fingerprint density at radius 3 is 2.40 bits per heavy atom. The van der Waals surface area contributed by atoms with Crippen molar-refractivity contribution in [2.75, 3.05) is 13.7 Å². The van der Waals surface area contributed by atoms with E-state index < -0.39 is 5.60 Å². The first-order valence-corrected chi connectivity index (χ1v) is 8.73. The van der Waals surface area contributed by atoms with E-state index in [0.29, 0.717) is 6.54 Å². The van der Waals surface area contributed by atoms with Crippen LogP contribution in [0.5, 0.6) is 5.75 Å². The Balaban J connectivity index is 1.83. The van der Waals surface area contributed by atoms with Crippen LogP contribution in [0.4, 0.5) is 0 Å². The van der Waals surface area contributed by atoms with Crippen molar-refractivity contribution in [3.05, 3.63) is 66.3 Å². The lowest BCUT2D eigenvalue weighted by molar-refractivity contribution is -0.139. The number of hydrogen-bond acceptors (Lipinski definition) is 3. The predicted molar refractivity (Wildman–Crippen MR) is 98.2 cm³/mol. The van der Waals surface area contributed by atoms with Gasteiger partial charge in [-0.2, -0.15) is 0 Å². The molecule has 4 nitrogen and oxygen atoms in total. The van der Waals surface area contributed by atoms with E-state index in [1.165, 1.54) is 0 Å². The second kappa shape index (κ2) is 7.28. The van der Waals surface area contributed by atoms with Gasteiger partial charge in [0.1, 0.15) is 11.4 Å². The number of rotatable bonds is 4. The molecule has 3 rings (SSSR count). The summed E-state index contributed by atoms with van der Waals surface area (Å²) in [6.07, 6.45) is 13.1. The van der Waals surface area contributed by atoms with Crippen LogP contribution in [0.3, 0.4) is 0 Å². The largest absolute Gasteiger partial charge is 0.497 e. The molecule has 132 valence electrons. The second-order valence-corrected chi connectivity index (χ2v) is 6.75. The Hall–Kier alpha value is -2.33. The van der Waals surface area contributed by atoms with Crippen molar-refractivity contribution in [1.82, 2.24) is 4.90 Å². The van der Waals surface area contributed by atoms with Crippen molar-refractivity contribution in [2.45, 2.75) is 31.4 Å². The zero-order valence-electron chi connectivity index (χ0n) is 14.8. The molecule has 25 heavy (non-hydrogen) atoms. The highest BCUT2D eigenvalue weighted by Crippen LogP contribution is 2.36. The van der Waals surface area contributed by atoms with Gasteiger partial charge in [0.15, 0.2) is 0 Å². The quantitative estimate of drug-likeness (QED) is 0.916. The molecule has 1 aromatic rings. The maximum atomic E-state index is 13.0. The average Bonchev–Trinajstić information content (AvgIpc) is 2.98. The van der Waals surface area contributed by atoms with Crippen molar-refractivity contribution in [3.8, 4) is 5.75 Å². The third-order valence-corrected chi connectivity index (χ3v) is 5.11. The van der Waals surface area contributed by atoms with Crippen LogP contribution in [-0.2, 0) is 10.4 Å². The molecular formula is C21H25NO3. The number of carbonyl (C=O) groups is 1. The zero-order chi connectivity index (χ0) is 17.9. The van der Waals surface area contributed by atoms with E-state index >= 15 is 0 Å². The fraction of sp³-hybridized carbons (Fsp3) is 0.381. The first-order chi connectivity index (χ1) is 12.0. The molecule has 1 saturated heterocycles. The molecule has 1 N–H and O–H groups in total. The molecular weight excluding hydrogens is 314 g/mol. The number of ether oxygens (including phenoxy) is 1. The summed E-state index contributed by atoms with van der Waals surface area (Å²) in [4.78, 5) is 14.8. The van der Waals surface area contributed by atoms with E-state index in [1.54, 1.807) is 14.0 Å². The molecule has 0 aromatic heterocycles. The maximum Gasteiger partial charge on any atom is 0.233 e. The number of hydrogen-bond donors (Lipinski definition) is 1. The van der Waals surface area contributed by atoms with Gasteiger partial charge in [-0.05, 0) is 37.5 Å². The lowest BCUT2D eigenvalue weighted by atomic mass is 9.86. The van der Waals surface area contributed by atoms with E-state index in [1.807, 2.05) is 65.6 Å². The third kappa shape index (κ3) is 3.54. The first kappa shape index (κ1) is 17.5. The summed E-state index contributed by atoms with van der Waals surface area (Å²) >= 11 is 0. The van der Waals surface area contributed by atoms with Gasteiger partial charge in [-0.15, -0.1) is 0 Å². The lowest BCUT2D eigenvalue weighted by Crippen LogP contribution is -2.49. The molecule has 0 unspecified atom stereocenters. The SMILES string of the molecule is COc1ccc([C@](C)(O)[C@@H]2CCCN2C(=O)C2C=CC=CC=C2)cc1. The topological polar surface area (TPSA) is 49.8 Å². The molecule has 0 spiro atoms. The highest BCUT2D eigenvalue weighted by Gasteiger charge is 2.43. The van der Waals surface area contributed by atoms with Crippen molar-refractivity contribution >= 4 is 5.91 Å². The molecule has 1 heterocycles. The van der Waals surface area contributed by atoms with Crippen molar-refractivity contribution < 1.29 is 14.6 Å². The Morgan fingerprint density at radius 2 is 1.80 bits per heavy atom. The monoisotopic (exact) mass is 339 g/mol. The molecule has 0 radical (unpaired) electrons. The van der Waals surface area contributed by atoms with E-state index in [0.717, 1.165) is 24.2 Å². The van der Waals surface area contributed by atoms with E-state index in [4.69, 9.17) is 4.74 Å².